The lowest BCUT2D eigenvalue weighted by molar-refractivity contribution is -0.120. The van der Waals surface area contributed by atoms with E-state index >= 15 is 0 Å². The molecule has 0 saturated carbocycles. The van der Waals surface area contributed by atoms with E-state index in [2.05, 4.69) is 79.6 Å². The molecule has 3 aliphatic rings. The van der Waals surface area contributed by atoms with Gasteiger partial charge in [-0.1, -0.05) is 17.9 Å². The summed E-state index contributed by atoms with van der Waals surface area (Å²) in [6, 6.07) is 12.7. The van der Waals surface area contributed by atoms with Gasteiger partial charge in [0.15, 0.2) is 11.5 Å². The third-order valence-electron chi connectivity index (χ3n) is 11.8. The largest absolute Gasteiger partial charge is 0.351 e. The van der Waals surface area contributed by atoms with Gasteiger partial charge in [0.1, 0.15) is 6.07 Å². The maximum atomic E-state index is 13.9. The number of sulfonamides is 1. The van der Waals surface area contributed by atoms with E-state index in [0.717, 1.165) is 47.9 Å². The quantitative estimate of drug-likeness (QED) is 0.203. The molecule has 0 radical (unpaired) electrons. The zero-order chi connectivity index (χ0) is 41.6. The van der Waals surface area contributed by atoms with Crippen LogP contribution in [0.5, 0.6) is 0 Å². The van der Waals surface area contributed by atoms with Gasteiger partial charge in [-0.25, -0.2) is 22.9 Å². The third-order valence-corrected chi connectivity index (χ3v) is 13.7. The number of piperidine rings is 2. The molecule has 59 heavy (non-hydrogen) atoms. The highest BCUT2D eigenvalue weighted by molar-refractivity contribution is 7.89. The highest BCUT2D eigenvalue weighted by atomic mass is 32.2. The minimum Gasteiger partial charge on any atom is -0.351 e. The van der Waals surface area contributed by atoms with Gasteiger partial charge in [-0.15, -0.1) is 0 Å². The lowest BCUT2D eigenvalue weighted by atomic mass is 9.87. The molecular formula is C42H48N12O4S. The number of nitrogens with one attached hydrogen (secondary N) is 2. The second kappa shape index (κ2) is 15.7. The Hall–Kier alpha value is -5.88. The summed E-state index contributed by atoms with van der Waals surface area (Å²) in [7, 11) is -1.98. The molecule has 0 bridgehead atoms. The molecule has 3 aromatic heterocycles. The SMILES string of the molecule is CC(C)n1ncc2cnc(NC3CCN(S(=O)(=O)c4ccc(C#N)c(C#CC(C)(C)N5CCC(c6ccc7c(N8CCC(=O)NC8=O)nn(C)c7c6)CC5)c4)CC3)nc21. The van der Waals surface area contributed by atoms with E-state index in [1.54, 1.807) is 23.1 Å². The smallest absolute Gasteiger partial charge is 0.329 e. The van der Waals surface area contributed by atoms with Crippen molar-refractivity contribution in [3.05, 3.63) is 65.5 Å². The summed E-state index contributed by atoms with van der Waals surface area (Å²) in [5, 5.41) is 26.5. The van der Waals surface area contributed by atoms with Gasteiger partial charge in [0.25, 0.3) is 0 Å². The lowest BCUT2D eigenvalue weighted by Crippen LogP contribution is -2.49. The van der Waals surface area contributed by atoms with Crippen molar-refractivity contribution < 1.29 is 18.0 Å². The molecule has 3 amide bonds. The second-order valence-corrected chi connectivity index (χ2v) is 18.3. The van der Waals surface area contributed by atoms with Crippen LogP contribution in [0.2, 0.25) is 0 Å². The van der Waals surface area contributed by atoms with E-state index in [1.165, 1.54) is 26.9 Å². The monoisotopic (exact) mass is 816 g/mol. The number of anilines is 2. The van der Waals surface area contributed by atoms with E-state index < -0.39 is 21.6 Å². The molecule has 3 saturated heterocycles. The number of imide groups is 1. The Balaban J connectivity index is 0.906. The van der Waals surface area contributed by atoms with Crippen molar-refractivity contribution in [3.63, 3.8) is 0 Å². The zero-order valence-corrected chi connectivity index (χ0v) is 34.8. The number of nitriles is 1. The van der Waals surface area contributed by atoms with Crippen LogP contribution < -0.4 is 15.5 Å². The predicted octanol–water partition coefficient (Wildman–Crippen LogP) is 4.89. The summed E-state index contributed by atoms with van der Waals surface area (Å²) in [5.41, 5.74) is 3.05. The molecule has 0 atom stereocenters. The van der Waals surface area contributed by atoms with E-state index in [1.807, 2.05) is 31.6 Å². The van der Waals surface area contributed by atoms with Crippen LogP contribution in [-0.2, 0) is 21.9 Å². The Kier molecular flexibility index (Phi) is 10.6. The number of hydrogen-bond acceptors (Lipinski definition) is 11. The summed E-state index contributed by atoms with van der Waals surface area (Å²) in [6.07, 6.45) is 6.72. The molecule has 6 heterocycles. The molecule has 5 aromatic rings. The molecule has 2 N–H and O–H groups in total. The molecule has 0 spiro atoms. The Labute approximate surface area is 343 Å². The van der Waals surface area contributed by atoms with Crippen LogP contribution in [0.25, 0.3) is 21.9 Å². The highest BCUT2D eigenvalue weighted by Gasteiger charge is 2.33. The Morgan fingerprint density at radius 3 is 2.44 bits per heavy atom. The summed E-state index contributed by atoms with van der Waals surface area (Å²) in [4.78, 5) is 37.3. The van der Waals surface area contributed by atoms with Gasteiger partial charge in [0.2, 0.25) is 21.9 Å². The molecule has 3 fully saturated rings. The van der Waals surface area contributed by atoms with Gasteiger partial charge < -0.3 is 5.32 Å². The van der Waals surface area contributed by atoms with E-state index in [0.29, 0.717) is 61.3 Å². The number of fused-ring (bicyclic) bond motifs is 2. The average Bonchev–Trinajstić information content (AvgIpc) is 3.80. The number of benzene rings is 2. The van der Waals surface area contributed by atoms with Gasteiger partial charge in [-0.05, 0) is 95.2 Å². The van der Waals surface area contributed by atoms with E-state index in [-0.39, 0.29) is 29.3 Å². The van der Waals surface area contributed by atoms with Crippen LogP contribution in [0.1, 0.15) is 88.4 Å². The fourth-order valence-corrected chi connectivity index (χ4v) is 9.78. The zero-order valence-electron chi connectivity index (χ0n) is 33.9. The minimum atomic E-state index is -3.84. The Bertz CT molecular complexity index is 2670. The molecule has 3 aliphatic heterocycles. The van der Waals surface area contributed by atoms with Crippen molar-refractivity contribution >= 4 is 55.7 Å². The van der Waals surface area contributed by atoms with Crippen LogP contribution >= 0.6 is 0 Å². The normalized spacial score (nSPS) is 17.9. The maximum Gasteiger partial charge on any atom is 0.329 e. The predicted molar refractivity (Wildman–Crippen MR) is 223 cm³/mol. The van der Waals surface area contributed by atoms with Gasteiger partial charge >= 0.3 is 6.03 Å². The summed E-state index contributed by atoms with van der Waals surface area (Å²) < 4.78 is 32.9. The van der Waals surface area contributed by atoms with Crippen molar-refractivity contribution in [2.45, 2.75) is 88.2 Å². The number of nitrogens with zero attached hydrogens (tertiary/aromatic N) is 10. The highest BCUT2D eigenvalue weighted by Crippen LogP contribution is 2.35. The number of carbonyl (C=O) groups excluding carboxylic acids is 2. The Morgan fingerprint density at radius 2 is 1.73 bits per heavy atom. The van der Waals surface area contributed by atoms with Crippen molar-refractivity contribution in [1.82, 2.24) is 44.1 Å². The van der Waals surface area contributed by atoms with Gasteiger partial charge in [-0.3, -0.25) is 24.6 Å². The standard InChI is InChI=1S/C42H48N12O4S/c1-27(2)54-38-32(26-45-54)25-44-40(48-38)46-33-13-19-52(20-14-33)59(57,58)34-8-6-31(24-43)30(22-34)10-16-42(3,4)51-17-11-28(12-18-51)29-7-9-35-36(23-29)50(5)49-39(35)53-21-15-37(55)47-41(53)56/h6-9,22-23,25-28,33H,11-15,17-21H2,1-5H3,(H,44,46,48)(H,47,55,56). The number of rotatable bonds is 8. The molecule has 2 aromatic carbocycles. The molecule has 17 heteroatoms. The molecule has 0 aliphatic carbocycles. The van der Waals surface area contributed by atoms with Crippen LogP contribution in [-0.4, -0.2) is 103 Å². The number of urea groups is 1. The minimum absolute atomic E-state index is 0.00663. The van der Waals surface area contributed by atoms with Crippen molar-refractivity contribution in [2.75, 3.05) is 42.9 Å². The number of likely N-dealkylation sites (tertiary alicyclic amines) is 1. The van der Waals surface area contributed by atoms with Crippen molar-refractivity contribution in [1.29, 1.82) is 5.26 Å². The third kappa shape index (κ3) is 7.85. The number of aromatic nitrogens is 6. The van der Waals surface area contributed by atoms with E-state index in [4.69, 9.17) is 0 Å². The first kappa shape index (κ1) is 39.9. The summed E-state index contributed by atoms with van der Waals surface area (Å²) in [5.74, 6) is 7.64. The van der Waals surface area contributed by atoms with Crippen LogP contribution in [0, 0.1) is 23.2 Å². The molecular weight excluding hydrogens is 769 g/mol. The van der Waals surface area contributed by atoms with Crippen LogP contribution in [0.3, 0.4) is 0 Å². The molecule has 0 unspecified atom stereocenters. The van der Waals surface area contributed by atoms with E-state index in [9.17, 15) is 23.3 Å². The number of aryl methyl sites for hydroxylation is 1. The van der Waals surface area contributed by atoms with Gasteiger partial charge in [0, 0.05) is 75.4 Å². The Morgan fingerprint density at radius 1 is 0.966 bits per heavy atom. The fourth-order valence-electron chi connectivity index (χ4n) is 8.29. The first-order valence-electron chi connectivity index (χ1n) is 20.1. The average molecular weight is 817 g/mol. The molecule has 306 valence electrons. The number of carbonyl (C=O) groups is 2. The molecule has 16 nitrogen and oxygen atoms in total. The van der Waals surface area contributed by atoms with Crippen molar-refractivity contribution in [3.8, 4) is 17.9 Å². The fraction of sp³-hybridized carbons (Fsp3) is 0.452. The van der Waals surface area contributed by atoms with Crippen LogP contribution in [0.15, 0.2) is 53.7 Å². The number of hydrogen-bond donors (Lipinski definition) is 2. The van der Waals surface area contributed by atoms with Crippen molar-refractivity contribution in [2.24, 2.45) is 7.05 Å². The first-order valence-corrected chi connectivity index (χ1v) is 21.5. The van der Waals surface area contributed by atoms with Crippen LogP contribution in [0.4, 0.5) is 16.6 Å². The van der Waals surface area contributed by atoms with Gasteiger partial charge in [-0.2, -0.15) is 24.7 Å². The summed E-state index contributed by atoms with van der Waals surface area (Å²) in [6.45, 7) is 10.8. The second-order valence-electron chi connectivity index (χ2n) is 16.3. The lowest BCUT2D eigenvalue weighted by Gasteiger charge is -2.40. The number of amides is 3. The molecule has 8 rings (SSSR count). The van der Waals surface area contributed by atoms with Gasteiger partial charge in [0.05, 0.1) is 33.1 Å². The maximum absolute atomic E-state index is 13.9. The summed E-state index contributed by atoms with van der Waals surface area (Å²) >= 11 is 0. The first-order chi connectivity index (χ1) is 28.2. The topological polar surface area (TPSA) is 187 Å².